The summed E-state index contributed by atoms with van der Waals surface area (Å²) in [5.74, 6) is -0.587. The van der Waals surface area contributed by atoms with Crippen LogP contribution < -0.4 is 10.6 Å². The molecular weight excluding hydrogens is 396 g/mol. The van der Waals surface area contributed by atoms with Gasteiger partial charge in [0, 0.05) is 12.7 Å². The van der Waals surface area contributed by atoms with E-state index in [0.29, 0.717) is 17.8 Å². The highest BCUT2D eigenvalue weighted by atomic mass is 32.1. The van der Waals surface area contributed by atoms with E-state index in [1.165, 1.54) is 11.3 Å². The van der Waals surface area contributed by atoms with Crippen molar-refractivity contribution in [2.45, 2.75) is 6.54 Å². The largest absolute Gasteiger partial charge is 0.350 e. The SMILES string of the molecule is O=C(CNC(=O)c1cn(-c2ccccc2)nc1-c1cccs1)NCc1ccccc1. The molecule has 0 atom stereocenters. The number of amides is 2. The second-order valence-electron chi connectivity index (χ2n) is 6.59. The number of carbonyl (C=O) groups is 2. The third-order valence-corrected chi connectivity index (χ3v) is 5.35. The maximum absolute atomic E-state index is 12.8. The molecule has 2 heterocycles. The van der Waals surface area contributed by atoms with Gasteiger partial charge in [0.05, 0.1) is 22.7 Å². The van der Waals surface area contributed by atoms with E-state index in [1.807, 2.05) is 78.2 Å². The van der Waals surface area contributed by atoms with Crippen molar-refractivity contribution < 1.29 is 9.59 Å². The number of rotatable bonds is 7. The van der Waals surface area contributed by atoms with Gasteiger partial charge in [0.1, 0.15) is 5.69 Å². The zero-order valence-corrected chi connectivity index (χ0v) is 16.9. The lowest BCUT2D eigenvalue weighted by Crippen LogP contribution is -2.36. The molecule has 2 aromatic heterocycles. The number of hydrogen-bond acceptors (Lipinski definition) is 4. The van der Waals surface area contributed by atoms with E-state index in [4.69, 9.17) is 0 Å². The van der Waals surface area contributed by atoms with Crippen LogP contribution in [0.25, 0.3) is 16.3 Å². The van der Waals surface area contributed by atoms with Crippen LogP contribution in [-0.4, -0.2) is 28.1 Å². The van der Waals surface area contributed by atoms with Crippen molar-refractivity contribution >= 4 is 23.2 Å². The van der Waals surface area contributed by atoms with Gasteiger partial charge in [-0.05, 0) is 29.1 Å². The van der Waals surface area contributed by atoms with Gasteiger partial charge in [-0.2, -0.15) is 5.10 Å². The van der Waals surface area contributed by atoms with Crippen LogP contribution in [0.5, 0.6) is 0 Å². The lowest BCUT2D eigenvalue weighted by Gasteiger charge is -2.07. The smallest absolute Gasteiger partial charge is 0.255 e. The molecule has 150 valence electrons. The van der Waals surface area contributed by atoms with Gasteiger partial charge in [0.2, 0.25) is 5.91 Å². The summed E-state index contributed by atoms with van der Waals surface area (Å²) in [4.78, 5) is 25.9. The number of aromatic nitrogens is 2. The van der Waals surface area contributed by atoms with E-state index in [-0.39, 0.29) is 18.4 Å². The number of thiophene rings is 1. The fourth-order valence-electron chi connectivity index (χ4n) is 2.96. The Morgan fingerprint density at radius 3 is 2.33 bits per heavy atom. The molecule has 0 radical (unpaired) electrons. The summed E-state index contributed by atoms with van der Waals surface area (Å²) in [6, 6.07) is 23.1. The van der Waals surface area contributed by atoms with Crippen molar-refractivity contribution in [1.29, 1.82) is 0 Å². The summed E-state index contributed by atoms with van der Waals surface area (Å²) in [6.07, 6.45) is 1.70. The van der Waals surface area contributed by atoms with Gasteiger partial charge in [-0.3, -0.25) is 9.59 Å². The lowest BCUT2D eigenvalue weighted by atomic mass is 10.2. The Balaban J connectivity index is 1.46. The first-order valence-electron chi connectivity index (χ1n) is 9.48. The first-order valence-corrected chi connectivity index (χ1v) is 10.4. The standard InChI is InChI=1S/C23H20N4O2S/c28-21(24-14-17-8-3-1-4-9-17)15-25-23(29)19-16-27(18-10-5-2-6-11-18)26-22(19)20-12-7-13-30-20/h1-13,16H,14-15H2,(H,24,28)(H,25,29). The minimum Gasteiger partial charge on any atom is -0.350 e. The quantitative estimate of drug-likeness (QED) is 0.483. The predicted octanol–water partition coefficient (Wildman–Crippen LogP) is 3.65. The van der Waals surface area contributed by atoms with Crippen LogP contribution in [0, 0.1) is 0 Å². The van der Waals surface area contributed by atoms with Gasteiger partial charge < -0.3 is 10.6 Å². The molecule has 0 aliphatic carbocycles. The molecule has 0 unspecified atom stereocenters. The van der Waals surface area contributed by atoms with Crippen LogP contribution in [0.2, 0.25) is 0 Å². The number of carbonyl (C=O) groups excluding carboxylic acids is 2. The summed E-state index contributed by atoms with van der Waals surface area (Å²) >= 11 is 1.51. The minimum atomic E-state index is -0.338. The molecule has 2 aromatic carbocycles. The van der Waals surface area contributed by atoms with Crippen LogP contribution in [0.4, 0.5) is 0 Å². The molecular formula is C23H20N4O2S. The normalized spacial score (nSPS) is 10.5. The summed E-state index contributed by atoms with van der Waals surface area (Å²) < 4.78 is 1.68. The highest BCUT2D eigenvalue weighted by Crippen LogP contribution is 2.27. The van der Waals surface area contributed by atoms with Gasteiger partial charge in [0.15, 0.2) is 0 Å². The third-order valence-electron chi connectivity index (χ3n) is 4.48. The maximum Gasteiger partial charge on any atom is 0.255 e. The molecule has 2 N–H and O–H groups in total. The summed E-state index contributed by atoms with van der Waals surface area (Å²) in [6.45, 7) is 0.313. The van der Waals surface area contributed by atoms with Crippen molar-refractivity contribution in [1.82, 2.24) is 20.4 Å². The molecule has 0 aliphatic rings. The third kappa shape index (κ3) is 4.64. The van der Waals surface area contributed by atoms with Gasteiger partial charge in [-0.1, -0.05) is 54.6 Å². The molecule has 4 aromatic rings. The first-order chi connectivity index (χ1) is 14.7. The maximum atomic E-state index is 12.8. The number of nitrogens with zero attached hydrogens (tertiary/aromatic N) is 2. The average molecular weight is 417 g/mol. The van der Waals surface area contributed by atoms with E-state index in [2.05, 4.69) is 15.7 Å². The molecule has 7 heteroatoms. The van der Waals surface area contributed by atoms with Crippen molar-refractivity contribution in [2.75, 3.05) is 6.54 Å². The predicted molar refractivity (Wildman–Crippen MR) is 117 cm³/mol. The van der Waals surface area contributed by atoms with Crippen molar-refractivity contribution in [3.63, 3.8) is 0 Å². The topological polar surface area (TPSA) is 76.0 Å². The van der Waals surface area contributed by atoms with Gasteiger partial charge in [-0.25, -0.2) is 4.68 Å². The van der Waals surface area contributed by atoms with E-state index < -0.39 is 0 Å². The average Bonchev–Trinajstić information content (AvgIpc) is 3.47. The molecule has 6 nitrogen and oxygen atoms in total. The van der Waals surface area contributed by atoms with E-state index in [1.54, 1.807) is 10.9 Å². The Labute approximate surface area is 178 Å². The van der Waals surface area contributed by atoms with Crippen LogP contribution in [-0.2, 0) is 11.3 Å². The second kappa shape index (κ2) is 9.19. The molecule has 30 heavy (non-hydrogen) atoms. The molecule has 0 fully saturated rings. The van der Waals surface area contributed by atoms with Gasteiger partial charge >= 0.3 is 0 Å². The molecule has 0 bridgehead atoms. The van der Waals surface area contributed by atoms with Crippen molar-refractivity contribution in [3.8, 4) is 16.3 Å². The van der Waals surface area contributed by atoms with Crippen molar-refractivity contribution in [3.05, 3.63) is 95.5 Å². The number of nitrogens with one attached hydrogen (secondary N) is 2. The Bertz CT molecular complexity index is 1120. The highest BCUT2D eigenvalue weighted by molar-refractivity contribution is 7.13. The number of para-hydroxylation sites is 1. The lowest BCUT2D eigenvalue weighted by molar-refractivity contribution is -0.120. The number of benzene rings is 2. The molecule has 0 aliphatic heterocycles. The van der Waals surface area contributed by atoms with Gasteiger partial charge in [0.25, 0.3) is 5.91 Å². The second-order valence-corrected chi connectivity index (χ2v) is 7.54. The molecule has 0 spiro atoms. The Morgan fingerprint density at radius 2 is 1.63 bits per heavy atom. The van der Waals surface area contributed by atoms with E-state index in [9.17, 15) is 9.59 Å². The zero-order chi connectivity index (χ0) is 20.8. The van der Waals surface area contributed by atoms with Crippen LogP contribution >= 0.6 is 11.3 Å². The molecule has 0 saturated heterocycles. The monoisotopic (exact) mass is 416 g/mol. The minimum absolute atomic E-state index is 0.105. The fraction of sp³-hybridized carbons (Fsp3) is 0.0870. The van der Waals surface area contributed by atoms with Crippen LogP contribution in [0.15, 0.2) is 84.4 Å². The van der Waals surface area contributed by atoms with E-state index in [0.717, 1.165) is 16.1 Å². The Kier molecular flexibility index (Phi) is 6.01. The fourth-order valence-corrected chi connectivity index (χ4v) is 3.69. The summed E-state index contributed by atoms with van der Waals surface area (Å²) in [5, 5.41) is 12.1. The summed E-state index contributed by atoms with van der Waals surface area (Å²) in [7, 11) is 0. The first kappa shape index (κ1) is 19.6. The Hall–Kier alpha value is -3.71. The zero-order valence-electron chi connectivity index (χ0n) is 16.1. The van der Waals surface area contributed by atoms with Crippen LogP contribution in [0.1, 0.15) is 15.9 Å². The van der Waals surface area contributed by atoms with E-state index >= 15 is 0 Å². The summed E-state index contributed by atoms with van der Waals surface area (Å²) in [5.41, 5.74) is 2.88. The molecule has 4 rings (SSSR count). The van der Waals surface area contributed by atoms with Crippen molar-refractivity contribution in [2.24, 2.45) is 0 Å². The highest BCUT2D eigenvalue weighted by Gasteiger charge is 2.19. The van der Waals surface area contributed by atoms with Gasteiger partial charge in [-0.15, -0.1) is 11.3 Å². The Morgan fingerprint density at radius 1 is 0.900 bits per heavy atom. The van der Waals surface area contributed by atoms with Crippen LogP contribution in [0.3, 0.4) is 0 Å². The molecule has 2 amide bonds. The molecule has 0 saturated carbocycles. The number of hydrogen-bond donors (Lipinski definition) is 2.